The summed E-state index contributed by atoms with van der Waals surface area (Å²) in [6, 6.07) is 5.99. The number of fused-ring (bicyclic) bond motifs is 6. The third-order valence-corrected chi connectivity index (χ3v) is 28.4. The van der Waals surface area contributed by atoms with E-state index in [1.54, 1.807) is 24.3 Å². The van der Waals surface area contributed by atoms with Gasteiger partial charge in [0.2, 0.25) is 55.4 Å². The smallest absolute Gasteiger partial charge is 0.307 e. The number of esters is 2. The zero-order valence-electron chi connectivity index (χ0n) is 72.8. The van der Waals surface area contributed by atoms with Crippen molar-refractivity contribution in [2.75, 3.05) is 27.3 Å². The van der Waals surface area contributed by atoms with Crippen LogP contribution in [-0.2, 0) is 67.9 Å². The molecule has 2 saturated heterocycles. The predicted molar refractivity (Wildman–Crippen MR) is 416 cm³/mol. The number of nitrogens with zero attached hydrogens (tertiary/aromatic N) is 4. The Morgan fingerprint density at radius 2 is 0.966 bits per heavy atom. The first-order valence-corrected chi connectivity index (χ1v) is 42.7. The zero-order valence-corrected chi connectivity index (χ0v) is 68.4. The Balaban J connectivity index is 0.000000238. The molecule has 6 heterocycles. The van der Waals surface area contributed by atoms with Crippen molar-refractivity contribution in [3.63, 3.8) is 0 Å². The first kappa shape index (κ1) is 80.0. The van der Waals surface area contributed by atoms with Gasteiger partial charge in [-0.25, -0.2) is 53.1 Å². The van der Waals surface area contributed by atoms with Crippen LogP contribution in [0.2, 0.25) is 0 Å². The molecule has 12 rings (SSSR count). The Hall–Kier alpha value is -8.42. The fourth-order valence-electron chi connectivity index (χ4n) is 16.7. The van der Waals surface area contributed by atoms with Gasteiger partial charge < -0.3 is 38.2 Å². The van der Waals surface area contributed by atoms with Gasteiger partial charge >= 0.3 is 11.9 Å². The molecule has 6 fully saturated rings. The lowest BCUT2D eigenvalue weighted by molar-refractivity contribution is -0.175. The van der Waals surface area contributed by atoms with Crippen LogP contribution < -0.4 is 28.4 Å². The van der Waals surface area contributed by atoms with Crippen LogP contribution in [0.1, 0.15) is 206 Å². The van der Waals surface area contributed by atoms with Crippen molar-refractivity contribution >= 4 is 88.7 Å². The first-order valence-electron chi connectivity index (χ1n) is 42.7. The van der Waals surface area contributed by atoms with Crippen molar-refractivity contribution in [1.82, 2.24) is 29.2 Å². The number of amides is 4. The molecular formula is C84H108F6N6O18S2. The molecule has 2 N–H and O–H groups in total. The Labute approximate surface area is 681 Å². The maximum Gasteiger partial charge on any atom is 0.307 e. The Morgan fingerprint density at radius 1 is 0.595 bits per heavy atom. The van der Waals surface area contributed by atoms with Crippen LogP contribution in [0.15, 0.2) is 73.1 Å². The Morgan fingerprint density at radius 3 is 1.29 bits per heavy atom. The number of allylic oxidation sites excluding steroid dienone is 4. The maximum atomic E-state index is 15.0. The van der Waals surface area contributed by atoms with Crippen LogP contribution in [-0.4, -0.2) is 169 Å². The van der Waals surface area contributed by atoms with E-state index in [4.69, 9.17) is 36.6 Å². The molecule has 24 nitrogen and oxygen atoms in total. The number of sulfonamides is 2. The highest BCUT2D eigenvalue weighted by Crippen LogP contribution is 2.60. The topological polar surface area (TPSA) is 317 Å². The van der Waals surface area contributed by atoms with E-state index >= 15 is 9.59 Å². The van der Waals surface area contributed by atoms with Crippen molar-refractivity contribution in [1.29, 1.82) is 0 Å². The second kappa shape index (κ2) is 34.5. The van der Waals surface area contributed by atoms with E-state index in [0.29, 0.717) is 62.1 Å². The van der Waals surface area contributed by atoms with E-state index in [-0.39, 0.29) is 110 Å². The van der Waals surface area contributed by atoms with Gasteiger partial charge in [0.25, 0.3) is 12.9 Å². The second-order valence-electron chi connectivity index (χ2n) is 34.1. The molecule has 0 spiro atoms. The molecule has 4 aromatic rings. The summed E-state index contributed by atoms with van der Waals surface area (Å²) in [6.07, 6.45) is 3.37. The van der Waals surface area contributed by atoms with Gasteiger partial charge in [0.15, 0.2) is 45.9 Å². The highest BCUT2D eigenvalue weighted by Gasteiger charge is 2.65. The van der Waals surface area contributed by atoms with Crippen LogP contribution >= 0.6 is 0 Å². The summed E-state index contributed by atoms with van der Waals surface area (Å²) in [5, 5.41) is 1.60. The standard InChI is InChI=1S/2C42H54F3N3O9S/c2*1-7-25-16-24(2)10-8-9-11-27-21-42(27,39(52)47-58(53,54)41(5)13-14-41)22-33(49)32-18-28(56-36-29-19-31(43)34(55-6)17-26(29)12-15-46-36)23-48(32)37(51)30(25)20-35(50)57-40(3,4)38(44)45/h2*9,11-12,15,17,19,24-25,27-28,30,32,38H,7-8,10,13-14,16,18,20-23H2,1-6H3,(H,47,52)/b2*11-9-/t24-,25+,27+,28+,30-,32-,42+;24-,25-,27-,28-,30+,32+,42-/m01/s1/i2*5D3. The summed E-state index contributed by atoms with van der Waals surface area (Å²) in [6.45, 7) is 5.68. The number of hydrogen-bond acceptors (Lipinski definition) is 20. The fraction of sp³-hybridized carbons (Fsp3) is 0.643. The number of carbonyl (C=O) groups is 8. The number of nitrogens with one attached hydrogen (secondary N) is 2. The van der Waals surface area contributed by atoms with E-state index < -0.39 is 222 Å². The van der Waals surface area contributed by atoms with E-state index in [9.17, 15) is 71.9 Å². The number of ketones is 2. The molecule has 116 heavy (non-hydrogen) atoms. The normalized spacial score (nSPS) is 30.4. The molecule has 4 aliphatic heterocycles. The molecule has 636 valence electrons. The number of hydrogen-bond donors (Lipinski definition) is 2. The minimum absolute atomic E-state index is 0.000820. The van der Waals surface area contributed by atoms with Crippen LogP contribution in [0, 0.1) is 69.8 Å². The minimum Gasteiger partial charge on any atom is -0.494 e. The lowest BCUT2D eigenvalue weighted by Crippen LogP contribution is -2.48. The van der Waals surface area contributed by atoms with Crippen molar-refractivity contribution in [3.8, 4) is 23.3 Å². The summed E-state index contributed by atoms with van der Waals surface area (Å²) < 4.78 is 220. The van der Waals surface area contributed by atoms with Crippen molar-refractivity contribution < 1.29 is 118 Å². The summed E-state index contributed by atoms with van der Waals surface area (Å²) in [7, 11) is -6.79. The number of Topliss-reactive ketones (excluding diaryl/α,β-unsaturated/α-hetero) is 2. The molecule has 32 heteroatoms. The van der Waals surface area contributed by atoms with Crippen molar-refractivity contribution in [2.45, 2.75) is 255 Å². The van der Waals surface area contributed by atoms with E-state index in [1.165, 1.54) is 60.7 Å². The number of aromatic nitrogens is 2. The third kappa shape index (κ3) is 19.1. The lowest BCUT2D eigenvalue weighted by Gasteiger charge is -2.34. The van der Waals surface area contributed by atoms with Gasteiger partial charge in [-0.05, 0) is 201 Å². The molecule has 2 aromatic heterocycles. The van der Waals surface area contributed by atoms with Gasteiger partial charge in [-0.2, -0.15) is 0 Å². The fourth-order valence-corrected chi connectivity index (χ4v) is 19.3. The lowest BCUT2D eigenvalue weighted by atomic mass is 9.79. The number of pyridine rings is 2. The quantitative estimate of drug-likeness (QED) is 0.0419. The average Bonchev–Trinajstić information content (AvgIpc) is 1.55. The molecule has 4 amide bonds. The molecule has 0 bridgehead atoms. The van der Waals surface area contributed by atoms with Gasteiger partial charge in [-0.15, -0.1) is 0 Å². The van der Waals surface area contributed by atoms with Gasteiger partial charge in [-0.3, -0.25) is 47.8 Å². The minimum atomic E-state index is -4.71. The van der Waals surface area contributed by atoms with E-state index in [2.05, 4.69) is 9.97 Å². The molecule has 8 aliphatic rings. The largest absolute Gasteiger partial charge is 0.494 e. The number of ether oxygens (including phenoxy) is 6. The number of halogens is 6. The molecule has 0 radical (unpaired) electrons. The van der Waals surface area contributed by atoms with Gasteiger partial charge in [0.05, 0.1) is 84.4 Å². The molecule has 4 saturated carbocycles. The summed E-state index contributed by atoms with van der Waals surface area (Å²) in [5.41, 5.74) is -7.47. The van der Waals surface area contributed by atoms with Gasteiger partial charge in [0.1, 0.15) is 12.2 Å². The first-order chi connectivity index (χ1) is 57.0. The van der Waals surface area contributed by atoms with E-state index in [1.807, 2.05) is 49.3 Å². The number of rotatable bonds is 22. The maximum absolute atomic E-state index is 15.0. The highest BCUT2D eigenvalue weighted by molar-refractivity contribution is 7.92. The summed E-state index contributed by atoms with van der Waals surface area (Å²) in [5.74, 6) is -12.3. The summed E-state index contributed by atoms with van der Waals surface area (Å²) in [4.78, 5) is 126. The van der Waals surface area contributed by atoms with Gasteiger partial charge in [-0.1, -0.05) is 64.8 Å². The van der Waals surface area contributed by atoms with E-state index in [0.717, 1.165) is 27.7 Å². The van der Waals surface area contributed by atoms with Crippen LogP contribution in [0.4, 0.5) is 26.3 Å². The molecule has 2 aromatic carbocycles. The van der Waals surface area contributed by atoms with Crippen LogP contribution in [0.25, 0.3) is 21.5 Å². The van der Waals surface area contributed by atoms with Crippen LogP contribution in [0.3, 0.4) is 0 Å². The molecule has 0 unspecified atom stereocenters. The van der Waals surface area contributed by atoms with Crippen molar-refractivity contribution in [3.05, 3.63) is 84.7 Å². The molecule has 4 aliphatic carbocycles. The highest BCUT2D eigenvalue weighted by atomic mass is 32.2. The molecular weight excluding hydrogens is 1560 g/mol. The number of benzene rings is 2. The SMILES string of the molecule is [2H]C([2H])([2H])C1(S(=O)(=O)NC(=O)[C@]23CC(=O)[C@@H]4C[C@@H](Oc5nccc6cc(OC)c(F)cc56)CN4C(=O)[C@@H](CC(=O)OC(C)(C)C(F)F)[C@H](CC)C[C@@H](C)CC/C=C\[C@@H]2C3)CC1.[2H]C([2H])([2H])C1(S(=O)(=O)NC(=O)[C@]23CC(=O)[C@@H]4C[C@@H](Oc5nccc6cc(OC)c(F)cc56)CN4C(=O)[C@@H](CC(=O)OC(C)(C)C(F)F)[C@H](CC)C[C@H](C)CC/C=C\[C@@H]2C3)CC1. The summed E-state index contributed by atoms with van der Waals surface area (Å²) >= 11 is 0. The monoisotopic (exact) mass is 1670 g/mol. The molecule has 14 atom stereocenters. The van der Waals surface area contributed by atoms with Crippen molar-refractivity contribution in [2.24, 2.45) is 58.2 Å². The Bertz CT molecular complexity index is 4670. The second-order valence-corrected chi connectivity index (χ2v) is 38.1. The zero-order chi connectivity index (χ0) is 89.7. The van der Waals surface area contributed by atoms with Gasteiger partial charge in [0, 0.05) is 57.1 Å². The Kier molecular flexibility index (Phi) is 23.8. The predicted octanol–water partition coefficient (Wildman–Crippen LogP) is 13.4. The van der Waals surface area contributed by atoms with Crippen LogP contribution in [0.5, 0.6) is 23.3 Å². The number of alkyl halides is 4. The number of carbonyl (C=O) groups excluding carboxylic acids is 8. The number of methoxy groups -OCH3 is 2. The third-order valence-electron chi connectivity index (χ3n) is 24.6. The average molecular weight is 1670 g/mol.